The molecule has 0 bridgehead atoms. The second-order valence-corrected chi connectivity index (χ2v) is 1.80. The molecule has 0 fully saturated rings. The molecule has 46 valence electrons. The Morgan fingerprint density at radius 3 is 2.25 bits per heavy atom. The minimum absolute atomic E-state index is 0.743. The van der Waals surface area contributed by atoms with Gasteiger partial charge in [-0.1, -0.05) is 13.0 Å². The molecule has 0 aromatic rings. The molecule has 0 spiro atoms. The van der Waals surface area contributed by atoms with Crippen LogP contribution in [0.25, 0.3) is 0 Å². The number of hydrogen-bond donors (Lipinski definition) is 1. The Balaban J connectivity index is 3.83. The van der Waals surface area contributed by atoms with Crippen molar-refractivity contribution in [1.82, 2.24) is 0 Å². The molecule has 0 amide bonds. The maximum absolute atomic E-state index is 7.28. The van der Waals surface area contributed by atoms with E-state index in [0.717, 1.165) is 17.7 Å². The van der Waals surface area contributed by atoms with Crippen LogP contribution in [0, 0.1) is 5.41 Å². The molecule has 0 aliphatic heterocycles. The lowest BCUT2D eigenvalue weighted by Gasteiger charge is -1.95. The summed E-state index contributed by atoms with van der Waals surface area (Å²) in [4.78, 5) is 0. The fourth-order valence-electron chi connectivity index (χ4n) is 0.453. The predicted octanol–water partition coefficient (Wildman–Crippen LogP) is 2.38. The molecule has 0 radical (unpaired) electrons. The molecular formula is C7H13N. The van der Waals surface area contributed by atoms with E-state index in [4.69, 9.17) is 5.41 Å². The Morgan fingerprint density at radius 1 is 1.62 bits per heavy atom. The van der Waals surface area contributed by atoms with E-state index >= 15 is 0 Å². The summed E-state index contributed by atoms with van der Waals surface area (Å²) < 4.78 is 0. The first kappa shape index (κ1) is 7.41. The largest absolute Gasteiger partial charge is 0.305 e. The highest BCUT2D eigenvalue weighted by Crippen LogP contribution is 1.96. The Bertz CT molecular complexity index is 112. The zero-order valence-electron chi connectivity index (χ0n) is 5.78. The molecule has 0 atom stereocenters. The summed E-state index contributed by atoms with van der Waals surface area (Å²) in [7, 11) is 0. The molecule has 0 heterocycles. The van der Waals surface area contributed by atoms with E-state index < -0.39 is 0 Å². The third-order valence-electron chi connectivity index (χ3n) is 1.26. The van der Waals surface area contributed by atoms with Gasteiger partial charge in [0.05, 0.1) is 0 Å². The third kappa shape index (κ3) is 1.92. The number of rotatable bonds is 2. The minimum atomic E-state index is 0.743. The average molecular weight is 111 g/mol. The molecule has 1 nitrogen and oxygen atoms in total. The molecule has 0 rings (SSSR count). The van der Waals surface area contributed by atoms with Crippen LogP contribution in [0.3, 0.4) is 0 Å². The molecule has 0 saturated carbocycles. The van der Waals surface area contributed by atoms with Gasteiger partial charge < -0.3 is 5.41 Å². The summed E-state index contributed by atoms with van der Waals surface area (Å²) in [6.45, 7) is 5.92. The highest BCUT2D eigenvalue weighted by Gasteiger charge is 1.90. The summed E-state index contributed by atoms with van der Waals surface area (Å²) in [5.74, 6) is 0. The van der Waals surface area contributed by atoms with Crippen LogP contribution in [-0.2, 0) is 0 Å². The van der Waals surface area contributed by atoms with Gasteiger partial charge in [-0.05, 0) is 25.8 Å². The first-order valence-electron chi connectivity index (χ1n) is 2.93. The Kier molecular flexibility index (Phi) is 3.16. The molecular weight excluding hydrogens is 98.1 g/mol. The van der Waals surface area contributed by atoms with Crippen molar-refractivity contribution >= 4 is 5.71 Å². The van der Waals surface area contributed by atoms with Gasteiger partial charge in [-0.3, -0.25) is 0 Å². The van der Waals surface area contributed by atoms with Crippen molar-refractivity contribution in [3.8, 4) is 0 Å². The van der Waals surface area contributed by atoms with Crippen LogP contribution in [0.2, 0.25) is 0 Å². The van der Waals surface area contributed by atoms with Crippen molar-refractivity contribution in [2.45, 2.75) is 27.2 Å². The van der Waals surface area contributed by atoms with Gasteiger partial charge in [0.25, 0.3) is 0 Å². The predicted molar refractivity (Wildman–Crippen MR) is 37.4 cm³/mol. The summed E-state index contributed by atoms with van der Waals surface area (Å²) in [5, 5.41) is 7.28. The SMILES string of the molecule is CC=C(C)C(=N)CC. The fourth-order valence-corrected chi connectivity index (χ4v) is 0.453. The lowest BCUT2D eigenvalue weighted by Crippen LogP contribution is -1.93. The Labute approximate surface area is 50.9 Å². The van der Waals surface area contributed by atoms with E-state index in [9.17, 15) is 0 Å². The number of hydrogen-bond acceptors (Lipinski definition) is 1. The van der Waals surface area contributed by atoms with Gasteiger partial charge in [0.1, 0.15) is 0 Å². The zero-order chi connectivity index (χ0) is 6.57. The Hall–Kier alpha value is -0.590. The van der Waals surface area contributed by atoms with E-state index in [1.807, 2.05) is 26.8 Å². The number of nitrogens with one attached hydrogen (secondary N) is 1. The van der Waals surface area contributed by atoms with Gasteiger partial charge in [0.2, 0.25) is 0 Å². The van der Waals surface area contributed by atoms with Crippen LogP contribution in [0.15, 0.2) is 11.6 Å². The summed E-state index contributed by atoms with van der Waals surface area (Å²) in [6, 6.07) is 0. The van der Waals surface area contributed by atoms with Crippen molar-refractivity contribution < 1.29 is 0 Å². The Morgan fingerprint density at radius 2 is 2.12 bits per heavy atom. The van der Waals surface area contributed by atoms with Crippen LogP contribution in [0.5, 0.6) is 0 Å². The van der Waals surface area contributed by atoms with E-state index in [1.165, 1.54) is 0 Å². The van der Waals surface area contributed by atoms with Crippen molar-refractivity contribution in [1.29, 1.82) is 5.41 Å². The van der Waals surface area contributed by atoms with Gasteiger partial charge in [-0.15, -0.1) is 0 Å². The van der Waals surface area contributed by atoms with Crippen LogP contribution < -0.4 is 0 Å². The lowest BCUT2D eigenvalue weighted by molar-refractivity contribution is 1.22. The maximum atomic E-state index is 7.28. The molecule has 0 aromatic heterocycles. The van der Waals surface area contributed by atoms with Crippen molar-refractivity contribution in [2.75, 3.05) is 0 Å². The van der Waals surface area contributed by atoms with Crippen LogP contribution in [-0.4, -0.2) is 5.71 Å². The van der Waals surface area contributed by atoms with Gasteiger partial charge >= 0.3 is 0 Å². The highest BCUT2D eigenvalue weighted by atomic mass is 14.4. The second kappa shape index (κ2) is 3.42. The van der Waals surface area contributed by atoms with E-state index in [1.54, 1.807) is 0 Å². The molecule has 0 aromatic carbocycles. The standard InChI is InChI=1S/C7H13N/c1-4-6(3)7(8)5-2/h4,8H,5H2,1-3H3. The third-order valence-corrected chi connectivity index (χ3v) is 1.26. The topological polar surface area (TPSA) is 23.9 Å². The minimum Gasteiger partial charge on any atom is -0.305 e. The first-order chi connectivity index (χ1) is 3.72. The average Bonchev–Trinajstić information content (AvgIpc) is 1.84. The maximum Gasteiger partial charge on any atom is 0.0337 e. The van der Waals surface area contributed by atoms with Gasteiger partial charge in [0.15, 0.2) is 0 Å². The summed E-state index contributed by atoms with van der Waals surface area (Å²) >= 11 is 0. The van der Waals surface area contributed by atoms with Crippen molar-refractivity contribution in [3.63, 3.8) is 0 Å². The van der Waals surface area contributed by atoms with Crippen molar-refractivity contribution in [2.24, 2.45) is 0 Å². The summed E-state index contributed by atoms with van der Waals surface area (Å²) in [6.07, 6.45) is 2.81. The monoisotopic (exact) mass is 111 g/mol. The zero-order valence-corrected chi connectivity index (χ0v) is 5.78. The molecule has 1 heteroatoms. The molecule has 0 aliphatic carbocycles. The molecule has 8 heavy (non-hydrogen) atoms. The van der Waals surface area contributed by atoms with Crippen LogP contribution in [0.1, 0.15) is 27.2 Å². The molecule has 0 saturated heterocycles. The van der Waals surface area contributed by atoms with Gasteiger partial charge in [-0.2, -0.15) is 0 Å². The first-order valence-corrected chi connectivity index (χ1v) is 2.93. The molecule has 0 unspecified atom stereocenters. The van der Waals surface area contributed by atoms with Gasteiger partial charge in [-0.25, -0.2) is 0 Å². The van der Waals surface area contributed by atoms with Crippen LogP contribution in [0.4, 0.5) is 0 Å². The van der Waals surface area contributed by atoms with Crippen LogP contribution >= 0.6 is 0 Å². The molecule has 1 N–H and O–H groups in total. The fraction of sp³-hybridized carbons (Fsp3) is 0.571. The normalized spacial score (nSPS) is 11.6. The summed E-state index contributed by atoms with van der Waals surface area (Å²) in [5.41, 5.74) is 1.83. The smallest absolute Gasteiger partial charge is 0.0337 e. The lowest BCUT2D eigenvalue weighted by atomic mass is 10.1. The van der Waals surface area contributed by atoms with E-state index in [-0.39, 0.29) is 0 Å². The van der Waals surface area contributed by atoms with E-state index in [2.05, 4.69) is 0 Å². The van der Waals surface area contributed by atoms with E-state index in [0.29, 0.717) is 0 Å². The second-order valence-electron chi connectivity index (χ2n) is 1.80. The molecule has 0 aliphatic rings. The van der Waals surface area contributed by atoms with Gasteiger partial charge in [0, 0.05) is 5.71 Å². The van der Waals surface area contributed by atoms with Crippen molar-refractivity contribution in [3.05, 3.63) is 11.6 Å². The quantitative estimate of drug-likeness (QED) is 0.529. The highest BCUT2D eigenvalue weighted by molar-refractivity contribution is 5.96. The number of allylic oxidation sites excluding steroid dienone is 2.